The number of aliphatic hydroxyl groups is 1. The van der Waals surface area contributed by atoms with E-state index in [0.717, 1.165) is 6.07 Å². The van der Waals surface area contributed by atoms with Crippen molar-refractivity contribution in [1.29, 1.82) is 5.26 Å². The van der Waals surface area contributed by atoms with Crippen molar-refractivity contribution in [2.75, 3.05) is 0 Å². The van der Waals surface area contributed by atoms with Crippen molar-refractivity contribution in [3.05, 3.63) is 71.3 Å². The molecular weight excluding hydrogens is 302 g/mol. The molecule has 0 saturated heterocycles. The lowest BCUT2D eigenvalue weighted by atomic mass is 10.0. The summed E-state index contributed by atoms with van der Waals surface area (Å²) in [5, 5.41) is 21.4. The van der Waals surface area contributed by atoms with E-state index in [-0.39, 0.29) is 17.5 Å². The molecule has 2 rings (SSSR count). The van der Waals surface area contributed by atoms with Crippen LogP contribution in [0.2, 0.25) is 0 Å². The third-order valence-corrected chi connectivity index (χ3v) is 3.26. The Morgan fingerprint density at radius 3 is 2.61 bits per heavy atom. The van der Waals surface area contributed by atoms with E-state index in [0.29, 0.717) is 0 Å². The van der Waals surface area contributed by atoms with Crippen molar-refractivity contribution in [1.82, 2.24) is 5.32 Å². The second-order valence-corrected chi connectivity index (χ2v) is 4.93. The summed E-state index contributed by atoms with van der Waals surface area (Å²) in [7, 11) is 0. The van der Waals surface area contributed by atoms with Gasteiger partial charge in [-0.05, 0) is 23.8 Å². The summed E-state index contributed by atoms with van der Waals surface area (Å²) in [5.41, 5.74) is 0.295. The molecule has 2 unspecified atom stereocenters. The maximum absolute atomic E-state index is 13.7. The van der Waals surface area contributed by atoms with Crippen molar-refractivity contribution in [3.63, 3.8) is 0 Å². The van der Waals surface area contributed by atoms with Crippen LogP contribution in [0.1, 0.15) is 29.7 Å². The standard InChI is InChI=1S/C17H14F2N2O2/c18-12-5-3-4-11(8-12)16(22)9-17(23)21-15(10-20)13-6-1-2-7-14(13)19/h1-8,15-16,22H,9H2,(H,21,23). The minimum atomic E-state index is -1.22. The number of aliphatic hydroxyl groups excluding tert-OH is 1. The van der Waals surface area contributed by atoms with Crippen LogP contribution in [0.15, 0.2) is 48.5 Å². The van der Waals surface area contributed by atoms with Crippen LogP contribution < -0.4 is 5.32 Å². The molecule has 1 amide bonds. The second-order valence-electron chi connectivity index (χ2n) is 4.93. The van der Waals surface area contributed by atoms with Gasteiger partial charge in [0.15, 0.2) is 0 Å². The number of halogens is 2. The third kappa shape index (κ3) is 4.34. The highest BCUT2D eigenvalue weighted by molar-refractivity contribution is 5.77. The molecule has 0 radical (unpaired) electrons. The molecule has 2 aromatic rings. The van der Waals surface area contributed by atoms with Gasteiger partial charge in [-0.1, -0.05) is 30.3 Å². The zero-order chi connectivity index (χ0) is 16.8. The fourth-order valence-corrected chi connectivity index (χ4v) is 2.12. The highest BCUT2D eigenvalue weighted by atomic mass is 19.1. The van der Waals surface area contributed by atoms with Crippen LogP contribution in [0, 0.1) is 23.0 Å². The average Bonchev–Trinajstić information content (AvgIpc) is 2.53. The Labute approximate surface area is 132 Å². The van der Waals surface area contributed by atoms with Gasteiger partial charge in [0.25, 0.3) is 0 Å². The number of hydrogen-bond donors (Lipinski definition) is 2. The summed E-state index contributed by atoms with van der Waals surface area (Å²) in [6.07, 6.45) is -1.58. The number of carbonyl (C=O) groups is 1. The van der Waals surface area contributed by atoms with Crippen LogP contribution in [0.4, 0.5) is 8.78 Å². The van der Waals surface area contributed by atoms with E-state index in [4.69, 9.17) is 5.26 Å². The number of benzene rings is 2. The first kappa shape index (κ1) is 16.6. The lowest BCUT2D eigenvalue weighted by Crippen LogP contribution is -2.29. The van der Waals surface area contributed by atoms with Gasteiger partial charge in [0.1, 0.15) is 17.7 Å². The van der Waals surface area contributed by atoms with E-state index in [9.17, 15) is 18.7 Å². The predicted octanol–water partition coefficient (Wildman–Crippen LogP) is 2.77. The summed E-state index contributed by atoms with van der Waals surface area (Å²) >= 11 is 0. The molecule has 0 aliphatic rings. The van der Waals surface area contributed by atoms with Crippen LogP contribution in [-0.2, 0) is 4.79 Å². The summed E-state index contributed by atoms with van der Waals surface area (Å²) in [4.78, 5) is 11.9. The Morgan fingerprint density at radius 2 is 1.96 bits per heavy atom. The Hall–Kier alpha value is -2.78. The van der Waals surface area contributed by atoms with E-state index >= 15 is 0 Å². The first-order chi connectivity index (χ1) is 11.0. The minimum absolute atomic E-state index is 0.0450. The maximum atomic E-state index is 13.7. The van der Waals surface area contributed by atoms with Crippen LogP contribution in [0.3, 0.4) is 0 Å². The number of nitriles is 1. The van der Waals surface area contributed by atoms with Gasteiger partial charge in [0, 0.05) is 5.56 Å². The van der Waals surface area contributed by atoms with Crippen LogP contribution in [0.25, 0.3) is 0 Å². The van der Waals surface area contributed by atoms with E-state index in [1.165, 1.54) is 36.4 Å². The largest absolute Gasteiger partial charge is 0.388 e. The highest BCUT2D eigenvalue weighted by Gasteiger charge is 2.20. The van der Waals surface area contributed by atoms with Gasteiger partial charge in [-0.3, -0.25) is 4.79 Å². The number of carbonyl (C=O) groups excluding carboxylic acids is 1. The molecule has 0 heterocycles. The molecule has 2 aromatic carbocycles. The number of nitrogens with zero attached hydrogens (tertiary/aromatic N) is 1. The monoisotopic (exact) mass is 316 g/mol. The Morgan fingerprint density at radius 1 is 1.22 bits per heavy atom. The molecule has 0 fully saturated rings. The molecule has 6 heteroatoms. The highest BCUT2D eigenvalue weighted by Crippen LogP contribution is 2.20. The number of nitrogens with one attached hydrogen (secondary N) is 1. The lowest BCUT2D eigenvalue weighted by molar-refractivity contribution is -0.123. The van der Waals surface area contributed by atoms with Crippen molar-refractivity contribution >= 4 is 5.91 Å². The second kappa shape index (κ2) is 7.47. The van der Waals surface area contributed by atoms with Gasteiger partial charge >= 0.3 is 0 Å². The first-order valence-electron chi connectivity index (χ1n) is 6.88. The number of rotatable bonds is 5. The van der Waals surface area contributed by atoms with Crippen molar-refractivity contribution in [2.45, 2.75) is 18.6 Å². The van der Waals surface area contributed by atoms with Gasteiger partial charge in [0.05, 0.1) is 18.6 Å². The van der Waals surface area contributed by atoms with E-state index < -0.39 is 29.7 Å². The van der Waals surface area contributed by atoms with Gasteiger partial charge < -0.3 is 10.4 Å². The smallest absolute Gasteiger partial charge is 0.224 e. The van der Waals surface area contributed by atoms with Crippen LogP contribution in [-0.4, -0.2) is 11.0 Å². The van der Waals surface area contributed by atoms with Gasteiger partial charge in [0.2, 0.25) is 5.91 Å². The van der Waals surface area contributed by atoms with Crippen LogP contribution >= 0.6 is 0 Å². The van der Waals surface area contributed by atoms with Gasteiger partial charge in [-0.2, -0.15) is 5.26 Å². The third-order valence-electron chi connectivity index (χ3n) is 3.26. The fourth-order valence-electron chi connectivity index (χ4n) is 2.12. The normalized spacial score (nSPS) is 13.0. The number of hydrogen-bond acceptors (Lipinski definition) is 3. The SMILES string of the molecule is N#CC(NC(=O)CC(O)c1cccc(F)c1)c1ccccc1F. The predicted molar refractivity (Wildman–Crippen MR) is 78.9 cm³/mol. The molecule has 2 atom stereocenters. The van der Waals surface area contributed by atoms with E-state index in [1.807, 2.05) is 0 Å². The summed E-state index contributed by atoms with van der Waals surface area (Å²) < 4.78 is 26.8. The summed E-state index contributed by atoms with van der Waals surface area (Å²) in [6.45, 7) is 0. The van der Waals surface area contributed by atoms with E-state index in [1.54, 1.807) is 12.1 Å². The number of amides is 1. The zero-order valence-electron chi connectivity index (χ0n) is 12.0. The molecule has 2 N–H and O–H groups in total. The lowest BCUT2D eigenvalue weighted by Gasteiger charge is -2.15. The van der Waals surface area contributed by atoms with Crippen molar-refractivity contribution < 1.29 is 18.7 Å². The molecule has 4 nitrogen and oxygen atoms in total. The molecule has 0 aliphatic carbocycles. The zero-order valence-corrected chi connectivity index (χ0v) is 12.0. The molecule has 0 aromatic heterocycles. The van der Waals surface area contributed by atoms with E-state index in [2.05, 4.69) is 5.32 Å². The molecule has 0 bridgehead atoms. The van der Waals surface area contributed by atoms with Crippen LogP contribution in [0.5, 0.6) is 0 Å². The summed E-state index contributed by atoms with van der Waals surface area (Å²) in [5.74, 6) is -1.77. The Balaban J connectivity index is 2.03. The average molecular weight is 316 g/mol. The quantitative estimate of drug-likeness (QED) is 0.891. The summed E-state index contributed by atoms with van der Waals surface area (Å²) in [6, 6.07) is 11.5. The minimum Gasteiger partial charge on any atom is -0.388 e. The Kier molecular flexibility index (Phi) is 5.39. The van der Waals surface area contributed by atoms with Crippen molar-refractivity contribution in [3.8, 4) is 6.07 Å². The van der Waals surface area contributed by atoms with Gasteiger partial charge in [-0.25, -0.2) is 8.78 Å². The molecular formula is C17H14F2N2O2. The Bertz CT molecular complexity index is 743. The van der Waals surface area contributed by atoms with Crippen molar-refractivity contribution in [2.24, 2.45) is 0 Å². The molecule has 0 spiro atoms. The molecule has 118 valence electrons. The maximum Gasteiger partial charge on any atom is 0.224 e. The van der Waals surface area contributed by atoms with Gasteiger partial charge in [-0.15, -0.1) is 0 Å². The molecule has 23 heavy (non-hydrogen) atoms. The fraction of sp³-hybridized carbons (Fsp3) is 0.176. The molecule has 0 saturated carbocycles. The molecule has 0 aliphatic heterocycles. The first-order valence-corrected chi connectivity index (χ1v) is 6.88. The topological polar surface area (TPSA) is 73.1 Å².